The second-order valence-electron chi connectivity index (χ2n) is 6.12. The van der Waals surface area contributed by atoms with Crippen LogP contribution in [0.2, 0.25) is 0 Å². The summed E-state index contributed by atoms with van der Waals surface area (Å²) in [6.45, 7) is 14.7. The maximum atomic E-state index is 4.41. The van der Waals surface area contributed by atoms with Crippen LogP contribution in [0, 0.1) is 5.92 Å². The van der Waals surface area contributed by atoms with Gasteiger partial charge < -0.3 is 10.2 Å². The van der Waals surface area contributed by atoms with Crippen molar-refractivity contribution >= 4 is 16.5 Å². The summed E-state index contributed by atoms with van der Waals surface area (Å²) in [5, 5.41) is 6.78. The van der Waals surface area contributed by atoms with Crippen LogP contribution in [-0.2, 0) is 0 Å². The molecule has 0 aromatic carbocycles. The van der Waals surface area contributed by atoms with Crippen LogP contribution >= 0.6 is 11.3 Å². The predicted octanol–water partition coefficient (Wildman–Crippen LogP) is 2.29. The highest BCUT2D eigenvalue weighted by molar-refractivity contribution is 7.13. The Hall–Kier alpha value is -0.650. The van der Waals surface area contributed by atoms with Crippen molar-refractivity contribution < 1.29 is 0 Å². The lowest BCUT2D eigenvalue weighted by Gasteiger charge is -2.40. The number of hydrogen-bond acceptors (Lipinski definition) is 5. The molecule has 1 fully saturated rings. The van der Waals surface area contributed by atoms with Crippen LogP contribution in [0.25, 0.3) is 0 Å². The van der Waals surface area contributed by atoms with Gasteiger partial charge >= 0.3 is 0 Å². The Morgan fingerprint density at radius 3 is 2.45 bits per heavy atom. The normalized spacial score (nSPS) is 20.4. The molecule has 2 atom stereocenters. The third kappa shape index (κ3) is 4.17. The molecule has 4 nitrogen and oxygen atoms in total. The smallest absolute Gasteiger partial charge is 0.185 e. The van der Waals surface area contributed by atoms with Crippen molar-refractivity contribution in [3.63, 3.8) is 0 Å². The van der Waals surface area contributed by atoms with E-state index < -0.39 is 0 Å². The fourth-order valence-electron chi connectivity index (χ4n) is 2.64. The number of piperazine rings is 1. The number of hydrogen-bond donors (Lipinski definition) is 1. The summed E-state index contributed by atoms with van der Waals surface area (Å²) in [4.78, 5) is 9.44. The maximum absolute atomic E-state index is 4.41. The van der Waals surface area contributed by atoms with Gasteiger partial charge in [-0.15, -0.1) is 11.3 Å². The van der Waals surface area contributed by atoms with Gasteiger partial charge in [-0.25, -0.2) is 4.98 Å². The van der Waals surface area contributed by atoms with Gasteiger partial charge in [0.15, 0.2) is 5.13 Å². The maximum Gasteiger partial charge on any atom is 0.185 e. The minimum Gasteiger partial charge on any atom is -0.346 e. The molecule has 0 radical (unpaired) electrons. The molecule has 1 aromatic rings. The van der Waals surface area contributed by atoms with Gasteiger partial charge in [0, 0.05) is 49.8 Å². The second kappa shape index (κ2) is 7.38. The van der Waals surface area contributed by atoms with Gasteiger partial charge in [-0.3, -0.25) is 4.90 Å². The monoisotopic (exact) mass is 296 g/mol. The van der Waals surface area contributed by atoms with E-state index in [1.807, 2.05) is 6.20 Å². The summed E-state index contributed by atoms with van der Waals surface area (Å²) in [5.74, 6) is 0.684. The zero-order chi connectivity index (χ0) is 14.5. The molecule has 1 aliphatic rings. The Bertz CT molecular complexity index is 371. The van der Waals surface area contributed by atoms with E-state index in [0.29, 0.717) is 18.0 Å². The first-order chi connectivity index (χ1) is 9.58. The van der Waals surface area contributed by atoms with Gasteiger partial charge in [-0.05, 0) is 19.4 Å². The molecule has 114 valence electrons. The molecule has 0 amide bonds. The number of thiazole rings is 1. The molecular weight excluding hydrogens is 268 g/mol. The molecule has 5 heteroatoms. The summed E-state index contributed by atoms with van der Waals surface area (Å²) >= 11 is 1.74. The van der Waals surface area contributed by atoms with Gasteiger partial charge in [0.25, 0.3) is 0 Å². The molecule has 1 aliphatic heterocycles. The Labute approximate surface area is 127 Å². The SMILES string of the molecule is CC(C)NCC(C)C(C)N1CCN(c2nccs2)CC1. The largest absolute Gasteiger partial charge is 0.346 e. The highest BCUT2D eigenvalue weighted by Crippen LogP contribution is 2.20. The third-order valence-corrected chi connectivity index (χ3v) is 5.08. The number of rotatable bonds is 6. The fraction of sp³-hybridized carbons (Fsp3) is 0.800. The van der Waals surface area contributed by atoms with E-state index in [-0.39, 0.29) is 0 Å². The van der Waals surface area contributed by atoms with E-state index in [2.05, 4.69) is 53.2 Å². The molecule has 0 aliphatic carbocycles. The fourth-order valence-corrected chi connectivity index (χ4v) is 3.34. The standard InChI is InChI=1S/C15H28N4S/c1-12(2)17-11-13(3)14(4)18-6-8-19(9-7-18)15-16-5-10-20-15/h5,10,12-14,17H,6-9,11H2,1-4H3. The Kier molecular flexibility index (Phi) is 5.81. The van der Waals surface area contributed by atoms with E-state index in [9.17, 15) is 0 Å². The Balaban J connectivity index is 1.78. The summed E-state index contributed by atoms with van der Waals surface area (Å²) in [6.07, 6.45) is 1.90. The minimum atomic E-state index is 0.575. The number of nitrogens with one attached hydrogen (secondary N) is 1. The van der Waals surface area contributed by atoms with Crippen LogP contribution in [0.15, 0.2) is 11.6 Å². The van der Waals surface area contributed by atoms with Crippen molar-refractivity contribution in [2.24, 2.45) is 5.92 Å². The van der Waals surface area contributed by atoms with Gasteiger partial charge in [0.05, 0.1) is 0 Å². The molecule has 1 saturated heterocycles. The van der Waals surface area contributed by atoms with Crippen LogP contribution in [0.3, 0.4) is 0 Å². The van der Waals surface area contributed by atoms with Crippen LogP contribution in [-0.4, -0.2) is 54.7 Å². The summed E-state index contributed by atoms with van der Waals surface area (Å²) in [6, 6.07) is 1.21. The molecule has 2 heterocycles. The zero-order valence-electron chi connectivity index (χ0n) is 13.2. The van der Waals surface area contributed by atoms with Crippen LogP contribution < -0.4 is 10.2 Å². The number of aromatic nitrogens is 1. The van der Waals surface area contributed by atoms with Crippen LogP contribution in [0.5, 0.6) is 0 Å². The average molecular weight is 296 g/mol. The molecule has 0 bridgehead atoms. The second-order valence-corrected chi connectivity index (χ2v) is 6.99. The van der Waals surface area contributed by atoms with E-state index >= 15 is 0 Å². The van der Waals surface area contributed by atoms with Gasteiger partial charge in [-0.2, -0.15) is 0 Å². The quantitative estimate of drug-likeness (QED) is 0.873. The summed E-state index contributed by atoms with van der Waals surface area (Å²) in [7, 11) is 0. The van der Waals surface area contributed by atoms with Crippen molar-refractivity contribution in [3.8, 4) is 0 Å². The van der Waals surface area contributed by atoms with E-state index in [0.717, 1.165) is 32.7 Å². The average Bonchev–Trinajstić information content (AvgIpc) is 2.98. The Morgan fingerprint density at radius 1 is 1.20 bits per heavy atom. The van der Waals surface area contributed by atoms with E-state index in [1.165, 1.54) is 5.13 Å². The summed E-state index contributed by atoms with van der Waals surface area (Å²) < 4.78 is 0. The summed E-state index contributed by atoms with van der Waals surface area (Å²) in [5.41, 5.74) is 0. The predicted molar refractivity (Wildman–Crippen MR) is 87.7 cm³/mol. The van der Waals surface area contributed by atoms with Gasteiger partial charge in [0.1, 0.15) is 0 Å². The number of nitrogens with zero attached hydrogens (tertiary/aromatic N) is 3. The lowest BCUT2D eigenvalue weighted by atomic mass is 10.0. The van der Waals surface area contributed by atoms with Crippen molar-refractivity contribution in [2.75, 3.05) is 37.6 Å². The molecule has 1 aromatic heterocycles. The molecule has 0 saturated carbocycles. The first kappa shape index (κ1) is 15.7. The highest BCUT2D eigenvalue weighted by atomic mass is 32.1. The van der Waals surface area contributed by atoms with Gasteiger partial charge in [0.2, 0.25) is 0 Å². The Morgan fingerprint density at radius 2 is 1.90 bits per heavy atom. The molecule has 20 heavy (non-hydrogen) atoms. The molecular formula is C15H28N4S. The molecule has 2 unspecified atom stereocenters. The van der Waals surface area contributed by atoms with Gasteiger partial charge in [-0.1, -0.05) is 20.8 Å². The highest BCUT2D eigenvalue weighted by Gasteiger charge is 2.25. The van der Waals surface area contributed by atoms with Crippen molar-refractivity contribution in [3.05, 3.63) is 11.6 Å². The molecule has 1 N–H and O–H groups in total. The molecule has 0 spiro atoms. The minimum absolute atomic E-state index is 0.575. The topological polar surface area (TPSA) is 31.4 Å². The van der Waals surface area contributed by atoms with E-state index in [1.54, 1.807) is 11.3 Å². The van der Waals surface area contributed by atoms with Crippen LogP contribution in [0.1, 0.15) is 27.7 Å². The third-order valence-electron chi connectivity index (χ3n) is 4.25. The van der Waals surface area contributed by atoms with Crippen molar-refractivity contribution in [2.45, 2.75) is 39.8 Å². The lowest BCUT2D eigenvalue weighted by Crippen LogP contribution is -2.52. The van der Waals surface area contributed by atoms with Crippen molar-refractivity contribution in [1.82, 2.24) is 15.2 Å². The van der Waals surface area contributed by atoms with Crippen LogP contribution in [0.4, 0.5) is 5.13 Å². The first-order valence-corrected chi connectivity index (χ1v) is 8.57. The number of anilines is 1. The first-order valence-electron chi connectivity index (χ1n) is 7.69. The molecule has 2 rings (SSSR count). The lowest BCUT2D eigenvalue weighted by molar-refractivity contribution is 0.150. The van der Waals surface area contributed by atoms with Crippen molar-refractivity contribution in [1.29, 1.82) is 0 Å². The van der Waals surface area contributed by atoms with E-state index in [4.69, 9.17) is 0 Å². The zero-order valence-corrected chi connectivity index (χ0v) is 14.0.